The Morgan fingerprint density at radius 3 is 2.33 bits per heavy atom. The Balaban J connectivity index is 1.36. The fraction of sp³-hybridized carbons (Fsp3) is 0.381. The van der Waals surface area contributed by atoms with Crippen molar-refractivity contribution in [3.05, 3.63) is 47.4 Å². The smallest absolute Gasteiger partial charge is 0.228 e. The minimum atomic E-state index is -0.856. The molecule has 12 heteroatoms. The third kappa shape index (κ3) is 5.46. The van der Waals surface area contributed by atoms with Gasteiger partial charge in [-0.2, -0.15) is 5.10 Å². The first-order valence-corrected chi connectivity index (χ1v) is 10.4. The lowest BCUT2D eigenvalue weighted by molar-refractivity contribution is 0.230. The first-order valence-electron chi connectivity index (χ1n) is 10.4. The topological polar surface area (TPSA) is 109 Å². The number of H-pyrrole nitrogens is 1. The van der Waals surface area contributed by atoms with E-state index in [1.807, 2.05) is 6.07 Å². The molecular formula is C21H25F2N7O3. The zero-order valence-corrected chi connectivity index (χ0v) is 18.3. The van der Waals surface area contributed by atoms with Crippen LogP contribution in [-0.2, 0) is 13.2 Å². The van der Waals surface area contributed by atoms with Gasteiger partial charge in [0.15, 0.2) is 34.7 Å². The third-order valence-electron chi connectivity index (χ3n) is 5.15. The zero-order valence-electron chi connectivity index (χ0n) is 18.3. The number of aromatic nitrogens is 4. The number of benzene rings is 1. The second kappa shape index (κ2) is 10.4. The summed E-state index contributed by atoms with van der Waals surface area (Å²) in [7, 11) is 2.57. The highest BCUT2D eigenvalue weighted by Gasteiger charge is 2.20. The largest absolute Gasteiger partial charge is 0.494 e. The van der Waals surface area contributed by atoms with Crippen LogP contribution in [0.3, 0.4) is 0 Å². The van der Waals surface area contributed by atoms with Gasteiger partial charge in [-0.05, 0) is 0 Å². The van der Waals surface area contributed by atoms with Gasteiger partial charge in [0.2, 0.25) is 5.95 Å². The van der Waals surface area contributed by atoms with E-state index in [1.165, 1.54) is 26.6 Å². The number of piperazine rings is 1. The average Bonchev–Trinajstić information content (AvgIpc) is 3.27. The Kier molecular flexibility index (Phi) is 7.15. The molecule has 0 saturated carbocycles. The maximum Gasteiger partial charge on any atom is 0.228 e. The minimum absolute atomic E-state index is 0.141. The van der Waals surface area contributed by atoms with Crippen molar-refractivity contribution in [2.45, 2.75) is 13.2 Å². The molecular weight excluding hydrogens is 436 g/mol. The molecule has 0 unspecified atom stereocenters. The summed E-state index contributed by atoms with van der Waals surface area (Å²) in [5.41, 5.74) is 0.666. The summed E-state index contributed by atoms with van der Waals surface area (Å²) in [5.74, 6) is -0.863. The van der Waals surface area contributed by atoms with E-state index < -0.39 is 18.2 Å². The number of nitrogens with one attached hydrogen (secondary N) is 3. The molecule has 1 aliphatic rings. The van der Waals surface area contributed by atoms with Crippen LogP contribution in [0.25, 0.3) is 0 Å². The minimum Gasteiger partial charge on any atom is -0.494 e. The summed E-state index contributed by atoms with van der Waals surface area (Å²) in [4.78, 5) is 10.7. The molecule has 10 nitrogen and oxygen atoms in total. The van der Waals surface area contributed by atoms with Gasteiger partial charge in [0.25, 0.3) is 0 Å². The lowest BCUT2D eigenvalue weighted by Crippen LogP contribution is -2.42. The lowest BCUT2D eigenvalue weighted by Gasteiger charge is -2.26. The normalized spacial score (nSPS) is 14.2. The van der Waals surface area contributed by atoms with Crippen LogP contribution in [0.2, 0.25) is 0 Å². The van der Waals surface area contributed by atoms with Crippen molar-refractivity contribution in [2.24, 2.45) is 0 Å². The summed E-state index contributed by atoms with van der Waals surface area (Å²) in [6, 6.07) is 3.04. The summed E-state index contributed by atoms with van der Waals surface area (Å²) < 4.78 is 44.2. The van der Waals surface area contributed by atoms with Crippen LogP contribution < -0.4 is 24.8 Å². The first-order chi connectivity index (χ1) is 16.1. The number of hydrogen-bond donors (Lipinski definition) is 3. The molecule has 0 spiro atoms. The van der Waals surface area contributed by atoms with E-state index in [4.69, 9.17) is 14.2 Å². The predicted molar refractivity (Wildman–Crippen MR) is 116 cm³/mol. The van der Waals surface area contributed by atoms with Crippen LogP contribution in [0, 0.1) is 11.6 Å². The molecule has 1 aliphatic heterocycles. The van der Waals surface area contributed by atoms with E-state index in [0.29, 0.717) is 11.8 Å². The molecule has 0 radical (unpaired) electrons. The first kappa shape index (κ1) is 22.7. The van der Waals surface area contributed by atoms with E-state index in [-0.39, 0.29) is 22.8 Å². The monoisotopic (exact) mass is 461 g/mol. The van der Waals surface area contributed by atoms with Gasteiger partial charge in [-0.15, -0.1) is 0 Å². The Bertz CT molecular complexity index is 1040. The van der Waals surface area contributed by atoms with Crippen LogP contribution in [-0.4, -0.2) is 65.5 Å². The number of aromatic amines is 1. The molecule has 3 aromatic rings. The molecule has 176 valence electrons. The van der Waals surface area contributed by atoms with Gasteiger partial charge in [0.05, 0.1) is 37.9 Å². The van der Waals surface area contributed by atoms with Crippen molar-refractivity contribution < 1.29 is 23.0 Å². The van der Waals surface area contributed by atoms with E-state index >= 15 is 0 Å². The third-order valence-corrected chi connectivity index (χ3v) is 5.15. The highest BCUT2D eigenvalue weighted by molar-refractivity contribution is 5.48. The van der Waals surface area contributed by atoms with Gasteiger partial charge in [0.1, 0.15) is 6.61 Å². The number of rotatable bonds is 9. The zero-order chi connectivity index (χ0) is 23.2. The summed E-state index contributed by atoms with van der Waals surface area (Å²) >= 11 is 0. The van der Waals surface area contributed by atoms with Crippen LogP contribution in [0.5, 0.6) is 17.2 Å². The van der Waals surface area contributed by atoms with Gasteiger partial charge < -0.3 is 24.8 Å². The Morgan fingerprint density at radius 1 is 1.03 bits per heavy atom. The molecule has 2 aromatic heterocycles. The molecule has 1 saturated heterocycles. The highest BCUT2D eigenvalue weighted by Crippen LogP contribution is 2.32. The number of anilines is 2. The van der Waals surface area contributed by atoms with Crippen LogP contribution in [0.15, 0.2) is 24.5 Å². The van der Waals surface area contributed by atoms with E-state index in [2.05, 4.69) is 35.7 Å². The Labute approximate surface area is 189 Å². The lowest BCUT2D eigenvalue weighted by atomic mass is 10.1. The summed E-state index contributed by atoms with van der Waals surface area (Å²) in [6.07, 6.45) is 2.80. The number of hydrogen-bond acceptors (Lipinski definition) is 9. The van der Waals surface area contributed by atoms with Gasteiger partial charge in [-0.1, -0.05) is 0 Å². The molecule has 0 aliphatic carbocycles. The number of methoxy groups -OCH3 is 2. The van der Waals surface area contributed by atoms with E-state index in [1.54, 1.807) is 0 Å². The molecule has 0 amide bonds. The molecule has 3 N–H and O–H groups in total. The van der Waals surface area contributed by atoms with Crippen molar-refractivity contribution in [1.82, 2.24) is 30.4 Å². The predicted octanol–water partition coefficient (Wildman–Crippen LogP) is 2.22. The van der Waals surface area contributed by atoms with Gasteiger partial charge in [0, 0.05) is 44.9 Å². The van der Waals surface area contributed by atoms with Crippen molar-refractivity contribution in [3.63, 3.8) is 0 Å². The van der Waals surface area contributed by atoms with Gasteiger partial charge >= 0.3 is 0 Å². The molecule has 1 aromatic carbocycles. The van der Waals surface area contributed by atoms with Crippen molar-refractivity contribution in [3.8, 4) is 17.2 Å². The van der Waals surface area contributed by atoms with Crippen LogP contribution >= 0.6 is 0 Å². The molecule has 33 heavy (non-hydrogen) atoms. The quantitative estimate of drug-likeness (QED) is 0.442. The number of ether oxygens (including phenoxy) is 3. The molecule has 0 atom stereocenters. The van der Waals surface area contributed by atoms with E-state index in [0.717, 1.165) is 44.5 Å². The van der Waals surface area contributed by atoms with Crippen LogP contribution in [0.4, 0.5) is 20.5 Å². The molecule has 3 heterocycles. The number of nitrogens with zero attached hydrogens (tertiary/aromatic N) is 4. The SMILES string of the molecule is COc1cc(OC)c(F)c(COc2cnc(Nc3cc(CN4CCNCC4)[nH]n3)nc2)c1F. The Hall–Kier alpha value is -3.51. The van der Waals surface area contributed by atoms with Gasteiger partial charge in [-0.3, -0.25) is 10.00 Å². The van der Waals surface area contributed by atoms with Crippen molar-refractivity contribution in [2.75, 3.05) is 45.7 Å². The average molecular weight is 461 g/mol. The van der Waals surface area contributed by atoms with Gasteiger partial charge in [-0.25, -0.2) is 18.7 Å². The Morgan fingerprint density at radius 2 is 1.70 bits per heavy atom. The van der Waals surface area contributed by atoms with E-state index in [9.17, 15) is 8.78 Å². The summed E-state index contributed by atoms with van der Waals surface area (Å²) in [5, 5.41) is 13.6. The fourth-order valence-corrected chi connectivity index (χ4v) is 3.41. The summed E-state index contributed by atoms with van der Waals surface area (Å²) in [6.45, 7) is 4.33. The number of halogens is 2. The fourth-order valence-electron chi connectivity index (χ4n) is 3.41. The van der Waals surface area contributed by atoms with Crippen molar-refractivity contribution in [1.29, 1.82) is 0 Å². The maximum atomic E-state index is 14.5. The maximum absolute atomic E-state index is 14.5. The second-order valence-corrected chi connectivity index (χ2v) is 7.35. The molecule has 0 bridgehead atoms. The van der Waals surface area contributed by atoms with Crippen LogP contribution in [0.1, 0.15) is 11.3 Å². The second-order valence-electron chi connectivity index (χ2n) is 7.35. The standard InChI is InChI=1S/C21H25F2N7O3/c1-31-16-8-17(32-2)20(23)15(19(16)22)12-33-14-9-25-21(26-10-14)27-18-7-13(28-29-18)11-30-5-3-24-4-6-30/h7-10,24H,3-6,11-12H2,1-2H3,(H2,25,26,27,28,29). The molecule has 1 fully saturated rings. The highest BCUT2D eigenvalue weighted by atomic mass is 19.1. The molecule has 4 rings (SSSR count). The van der Waals surface area contributed by atoms with Crippen molar-refractivity contribution >= 4 is 11.8 Å².